The number of phenolic OH excluding ortho intramolecular Hbond substituents is 1. The van der Waals surface area contributed by atoms with Gasteiger partial charge in [0.15, 0.2) is 0 Å². The number of aromatic hydroxyl groups is 1. The second kappa shape index (κ2) is 10.3. The predicted octanol–water partition coefficient (Wildman–Crippen LogP) is 3.07. The molecule has 202 valence electrons. The summed E-state index contributed by atoms with van der Waals surface area (Å²) in [5, 5.41) is 22.3. The van der Waals surface area contributed by atoms with Crippen LogP contribution < -0.4 is 5.46 Å². The molecule has 3 atom stereocenters. The molecule has 4 rings (SSSR count). The summed E-state index contributed by atoms with van der Waals surface area (Å²) >= 11 is 0. The Morgan fingerprint density at radius 3 is 2.62 bits per heavy atom. The van der Waals surface area contributed by atoms with Crippen LogP contribution in [0.4, 0.5) is 0 Å². The zero-order valence-electron chi connectivity index (χ0n) is 23.2. The number of benzene rings is 1. The zero-order valence-corrected chi connectivity index (χ0v) is 23.2. The number of H-pyrrole nitrogens is 1. The van der Waals surface area contributed by atoms with Crippen molar-refractivity contribution in [2.24, 2.45) is 11.8 Å². The van der Waals surface area contributed by atoms with Gasteiger partial charge in [-0.2, -0.15) is 0 Å². The van der Waals surface area contributed by atoms with Crippen LogP contribution in [0.2, 0.25) is 0 Å². The van der Waals surface area contributed by atoms with Gasteiger partial charge in [-0.15, -0.1) is 0 Å². The first-order valence-corrected chi connectivity index (χ1v) is 13.2. The molecule has 0 amide bonds. The maximum atomic E-state index is 12.7. The topological polar surface area (TPSA) is 104 Å². The number of esters is 1. The number of carbonyl (C=O) groups is 1. The molecule has 0 unspecified atom stereocenters. The lowest BCUT2D eigenvalue weighted by atomic mass is 9.74. The normalized spacial score (nSPS) is 22.9. The Morgan fingerprint density at radius 1 is 1.27 bits per heavy atom. The molecule has 3 N–H and O–H groups in total. The van der Waals surface area contributed by atoms with Gasteiger partial charge in [-0.25, -0.2) is 4.79 Å². The molecular formula is C28H41BN2O6. The molecule has 1 saturated heterocycles. The maximum absolute atomic E-state index is 12.7. The molecule has 8 nitrogen and oxygen atoms in total. The summed E-state index contributed by atoms with van der Waals surface area (Å²) in [4.78, 5) is 18.8. The van der Waals surface area contributed by atoms with Crippen molar-refractivity contribution < 1.29 is 29.1 Å². The van der Waals surface area contributed by atoms with Crippen LogP contribution >= 0.6 is 0 Å². The fraction of sp³-hybridized carbons (Fsp3) is 0.607. The number of fused-ring (bicyclic) bond motifs is 5. The number of phenols is 1. The Morgan fingerprint density at radius 2 is 2.00 bits per heavy atom. The molecule has 9 heteroatoms. The van der Waals surface area contributed by atoms with Gasteiger partial charge in [0, 0.05) is 29.7 Å². The van der Waals surface area contributed by atoms with Crippen molar-refractivity contribution in [1.82, 2.24) is 9.88 Å². The average Bonchev–Trinajstić information content (AvgIpc) is 3.26. The number of hydrogen-bond acceptors (Lipinski definition) is 7. The van der Waals surface area contributed by atoms with Crippen molar-refractivity contribution in [3.63, 3.8) is 0 Å². The van der Waals surface area contributed by atoms with Crippen LogP contribution in [0.1, 0.15) is 64.8 Å². The Kier molecular flexibility index (Phi) is 7.70. The van der Waals surface area contributed by atoms with Crippen molar-refractivity contribution in [2.45, 2.75) is 71.1 Å². The Balaban J connectivity index is 1.73. The molecule has 2 aromatic rings. The lowest BCUT2D eigenvalue weighted by Gasteiger charge is -2.46. The van der Waals surface area contributed by atoms with E-state index in [0.717, 1.165) is 60.0 Å². The number of rotatable bonds is 8. The molecule has 0 saturated carbocycles. The van der Waals surface area contributed by atoms with E-state index in [1.807, 2.05) is 19.9 Å². The van der Waals surface area contributed by atoms with Crippen LogP contribution in [0, 0.1) is 11.8 Å². The average molecular weight is 512 g/mol. The zero-order chi connectivity index (χ0) is 27.1. The van der Waals surface area contributed by atoms with E-state index in [1.165, 1.54) is 13.4 Å². The van der Waals surface area contributed by atoms with Gasteiger partial charge in [0.25, 0.3) is 0 Å². The van der Waals surface area contributed by atoms with Gasteiger partial charge in [0.2, 0.25) is 0 Å². The molecule has 0 bridgehead atoms. The van der Waals surface area contributed by atoms with Crippen molar-refractivity contribution in [2.75, 3.05) is 27.3 Å². The molecule has 0 radical (unpaired) electrons. The summed E-state index contributed by atoms with van der Waals surface area (Å²) in [5.74, 6) is 0.210. The fourth-order valence-electron chi connectivity index (χ4n) is 5.79. The monoisotopic (exact) mass is 512 g/mol. The van der Waals surface area contributed by atoms with Crippen LogP contribution in [0.15, 0.2) is 24.0 Å². The van der Waals surface area contributed by atoms with E-state index in [4.69, 9.17) is 14.1 Å². The Bertz CT molecular complexity index is 1180. The number of ether oxygens (including phenoxy) is 2. The lowest BCUT2D eigenvalue weighted by Crippen LogP contribution is -2.49. The van der Waals surface area contributed by atoms with E-state index in [1.54, 1.807) is 27.0 Å². The first kappa shape index (κ1) is 27.5. The largest absolute Gasteiger partial charge is 0.507 e. The molecule has 1 aromatic carbocycles. The quantitative estimate of drug-likeness (QED) is 0.216. The van der Waals surface area contributed by atoms with Crippen molar-refractivity contribution in [3.05, 3.63) is 35.2 Å². The number of hydrogen-bond donors (Lipinski definition) is 3. The summed E-state index contributed by atoms with van der Waals surface area (Å²) < 4.78 is 16.6. The van der Waals surface area contributed by atoms with Crippen molar-refractivity contribution in [3.8, 4) is 5.75 Å². The fourth-order valence-corrected chi connectivity index (χ4v) is 5.79. The third kappa shape index (κ3) is 5.01. The minimum atomic E-state index is -1.02. The minimum absolute atomic E-state index is 0.00000212. The summed E-state index contributed by atoms with van der Waals surface area (Å²) in [7, 11) is 3.26. The van der Waals surface area contributed by atoms with Gasteiger partial charge in [-0.1, -0.05) is 19.4 Å². The first-order valence-electron chi connectivity index (χ1n) is 13.2. The van der Waals surface area contributed by atoms with E-state index in [-0.39, 0.29) is 23.7 Å². The van der Waals surface area contributed by atoms with Gasteiger partial charge in [0.05, 0.1) is 43.3 Å². The molecule has 3 heterocycles. The number of piperidine rings is 1. The maximum Gasteiger partial charge on any atom is 0.337 e. The van der Waals surface area contributed by atoms with E-state index in [2.05, 4.69) is 16.8 Å². The van der Waals surface area contributed by atoms with Gasteiger partial charge >= 0.3 is 13.5 Å². The number of aromatic nitrogens is 1. The minimum Gasteiger partial charge on any atom is -0.507 e. The highest BCUT2D eigenvalue weighted by Crippen LogP contribution is 2.46. The molecule has 2 aliphatic rings. The summed E-state index contributed by atoms with van der Waals surface area (Å²) in [6.07, 6.45) is 4.07. The lowest BCUT2D eigenvalue weighted by molar-refractivity contribution is -0.137. The van der Waals surface area contributed by atoms with Gasteiger partial charge in [-0.3, -0.25) is 4.90 Å². The molecule has 37 heavy (non-hydrogen) atoms. The third-order valence-corrected chi connectivity index (χ3v) is 8.75. The van der Waals surface area contributed by atoms with Gasteiger partial charge < -0.3 is 29.3 Å². The van der Waals surface area contributed by atoms with E-state index in [9.17, 15) is 15.0 Å². The number of carbonyl (C=O) groups excluding carboxylic acids is 1. The summed E-state index contributed by atoms with van der Waals surface area (Å²) in [6.45, 7) is 11.2. The van der Waals surface area contributed by atoms with Crippen molar-refractivity contribution >= 4 is 29.8 Å². The number of aliphatic hydroxyl groups is 1. The predicted molar refractivity (Wildman–Crippen MR) is 145 cm³/mol. The number of nitrogens with zero attached hydrogens (tertiary/aromatic N) is 1. The van der Waals surface area contributed by atoms with E-state index >= 15 is 0 Å². The summed E-state index contributed by atoms with van der Waals surface area (Å²) in [6, 6.07) is 3.69. The molecule has 1 aromatic heterocycles. The summed E-state index contributed by atoms with van der Waals surface area (Å²) in [5.41, 5.74) is 2.81. The van der Waals surface area contributed by atoms with Crippen molar-refractivity contribution in [1.29, 1.82) is 0 Å². The second-order valence-corrected chi connectivity index (χ2v) is 11.4. The molecule has 0 spiro atoms. The standard InChI is InChI=1S/C28H41BN2O6/c1-8-16-14-31-12-11-17-23-22(32)10-9-20(29-37-28(4,5)27(2,3)34)25(23)30-24(17)21(31)13-18(16)19(15-35-6)26(33)36-7/h9-10,15-16,18,21,29-30,32,34H,8,11-14H2,1-7H3/b19-15+/t16-,18+,21+/m1/s1. The van der Waals surface area contributed by atoms with Crippen LogP contribution in [0.25, 0.3) is 10.9 Å². The highest BCUT2D eigenvalue weighted by molar-refractivity contribution is 6.51. The highest BCUT2D eigenvalue weighted by Gasteiger charge is 2.43. The molecule has 0 aliphatic carbocycles. The highest BCUT2D eigenvalue weighted by atomic mass is 16.5. The van der Waals surface area contributed by atoms with Crippen LogP contribution in [0.3, 0.4) is 0 Å². The van der Waals surface area contributed by atoms with Crippen LogP contribution in [-0.2, 0) is 25.3 Å². The van der Waals surface area contributed by atoms with E-state index in [0.29, 0.717) is 19.0 Å². The Labute approximate surface area is 220 Å². The van der Waals surface area contributed by atoms with Crippen LogP contribution in [0.5, 0.6) is 5.75 Å². The van der Waals surface area contributed by atoms with Crippen LogP contribution in [-0.4, -0.2) is 72.1 Å². The molecule has 2 aliphatic heterocycles. The number of nitrogens with one attached hydrogen (secondary N) is 1. The second-order valence-electron chi connectivity index (χ2n) is 11.4. The third-order valence-electron chi connectivity index (χ3n) is 8.75. The smallest absolute Gasteiger partial charge is 0.337 e. The number of methoxy groups -OCH3 is 2. The Hall–Kier alpha value is -2.49. The first-order chi connectivity index (χ1) is 17.4. The SMILES string of the molecule is CC[C@@H]1CN2CCc3c([nH]c4c(BOC(C)(C)C(C)(C)O)ccc(O)c34)[C@@H]2C[C@@H]1/C(=C\OC)C(=O)OC. The van der Waals surface area contributed by atoms with Gasteiger partial charge in [-0.05, 0) is 69.5 Å². The van der Waals surface area contributed by atoms with E-state index < -0.39 is 11.2 Å². The number of aromatic amines is 1. The molecular weight excluding hydrogens is 471 g/mol. The van der Waals surface area contributed by atoms with Gasteiger partial charge in [0.1, 0.15) is 5.75 Å². The molecule has 1 fully saturated rings.